The van der Waals surface area contributed by atoms with Crippen LogP contribution in [-0.4, -0.2) is 30.0 Å². The molecular formula is C18H19ClN2O3. The van der Waals surface area contributed by atoms with Crippen molar-refractivity contribution >= 4 is 17.3 Å². The minimum Gasteiger partial charge on any atom is -0.482 e. The maximum atomic E-state index is 10.8. The lowest BCUT2D eigenvalue weighted by Gasteiger charge is -2.41. The number of nitrogens with zero attached hydrogens (tertiary/aromatic N) is 2. The summed E-state index contributed by atoms with van der Waals surface area (Å²) in [5.41, 5.74) is 0.706. The summed E-state index contributed by atoms with van der Waals surface area (Å²) in [4.78, 5) is 12.7. The number of likely N-dealkylation sites (tertiary alicyclic amines) is 1. The molecule has 0 N–H and O–H groups in total. The summed E-state index contributed by atoms with van der Waals surface area (Å²) in [5, 5.41) is 11.5. The molecule has 0 atom stereocenters. The highest BCUT2D eigenvalue weighted by Gasteiger charge is 2.37. The van der Waals surface area contributed by atoms with Crippen LogP contribution in [-0.2, 0) is 5.60 Å². The lowest BCUT2D eigenvalue weighted by atomic mass is 9.84. The maximum Gasteiger partial charge on any atom is 0.269 e. The quantitative estimate of drug-likeness (QED) is 0.613. The molecule has 5 nitrogen and oxygen atoms in total. The number of hydrogen-bond acceptors (Lipinski definition) is 4. The monoisotopic (exact) mass is 346 g/mol. The van der Waals surface area contributed by atoms with Crippen molar-refractivity contribution in [3.8, 4) is 5.75 Å². The van der Waals surface area contributed by atoms with Crippen molar-refractivity contribution in [2.24, 2.45) is 0 Å². The number of halogens is 1. The normalized spacial score (nSPS) is 17.4. The van der Waals surface area contributed by atoms with E-state index in [9.17, 15) is 10.1 Å². The number of rotatable bonds is 4. The molecule has 0 bridgehead atoms. The van der Waals surface area contributed by atoms with Crippen LogP contribution in [0.4, 0.5) is 5.69 Å². The first-order valence-corrected chi connectivity index (χ1v) is 8.24. The summed E-state index contributed by atoms with van der Waals surface area (Å²) in [6.07, 6.45) is 1.70. The zero-order chi connectivity index (χ0) is 17.2. The van der Waals surface area contributed by atoms with Gasteiger partial charge in [-0.2, -0.15) is 0 Å². The Kier molecular flexibility index (Phi) is 4.73. The van der Waals surface area contributed by atoms with Gasteiger partial charge in [0.2, 0.25) is 0 Å². The zero-order valence-electron chi connectivity index (χ0n) is 13.4. The Hall–Kier alpha value is -2.11. The molecule has 1 aliphatic heterocycles. The lowest BCUT2D eigenvalue weighted by Crippen LogP contribution is -2.44. The Morgan fingerprint density at radius 3 is 2.21 bits per heavy atom. The number of non-ortho nitro benzene ring substituents is 1. The maximum absolute atomic E-state index is 10.8. The molecule has 1 aliphatic rings. The van der Waals surface area contributed by atoms with Gasteiger partial charge >= 0.3 is 0 Å². The number of nitro groups is 1. The molecule has 0 aliphatic carbocycles. The molecule has 1 heterocycles. The molecule has 2 aromatic rings. The van der Waals surface area contributed by atoms with E-state index in [1.54, 1.807) is 12.1 Å². The van der Waals surface area contributed by atoms with Gasteiger partial charge in [0.25, 0.3) is 5.69 Å². The molecule has 6 heteroatoms. The summed E-state index contributed by atoms with van der Waals surface area (Å²) < 4.78 is 6.36. The molecule has 0 aromatic heterocycles. The van der Waals surface area contributed by atoms with Crippen LogP contribution >= 0.6 is 11.6 Å². The van der Waals surface area contributed by atoms with E-state index in [1.807, 2.05) is 24.3 Å². The molecule has 0 radical (unpaired) electrons. The van der Waals surface area contributed by atoms with Crippen LogP contribution in [0, 0.1) is 10.1 Å². The number of piperidine rings is 1. The Balaban J connectivity index is 1.90. The number of benzene rings is 2. The van der Waals surface area contributed by atoms with E-state index in [-0.39, 0.29) is 5.69 Å². The third-order valence-corrected chi connectivity index (χ3v) is 4.78. The number of ether oxygens (including phenoxy) is 1. The van der Waals surface area contributed by atoms with Crippen LogP contribution in [0.5, 0.6) is 5.75 Å². The molecule has 0 amide bonds. The van der Waals surface area contributed by atoms with Gasteiger partial charge in [-0.15, -0.1) is 0 Å². The van der Waals surface area contributed by atoms with Gasteiger partial charge in [0.1, 0.15) is 11.4 Å². The van der Waals surface area contributed by atoms with Gasteiger partial charge in [-0.3, -0.25) is 10.1 Å². The fourth-order valence-corrected chi connectivity index (χ4v) is 3.17. The molecule has 0 saturated carbocycles. The van der Waals surface area contributed by atoms with Gasteiger partial charge in [0.15, 0.2) is 0 Å². The minimum absolute atomic E-state index is 0.0614. The van der Waals surface area contributed by atoms with E-state index in [4.69, 9.17) is 16.3 Å². The van der Waals surface area contributed by atoms with E-state index < -0.39 is 10.5 Å². The van der Waals surface area contributed by atoms with Gasteiger partial charge in [0.05, 0.1) is 4.92 Å². The molecule has 0 unspecified atom stereocenters. The van der Waals surface area contributed by atoms with Gasteiger partial charge < -0.3 is 9.64 Å². The van der Waals surface area contributed by atoms with Crippen LogP contribution in [0.2, 0.25) is 5.02 Å². The van der Waals surface area contributed by atoms with E-state index in [1.165, 1.54) is 12.1 Å². The second kappa shape index (κ2) is 6.79. The van der Waals surface area contributed by atoms with Gasteiger partial charge in [-0.05, 0) is 36.9 Å². The highest BCUT2D eigenvalue weighted by molar-refractivity contribution is 6.30. The molecule has 24 heavy (non-hydrogen) atoms. The van der Waals surface area contributed by atoms with Crippen LogP contribution in [0.1, 0.15) is 18.4 Å². The highest BCUT2D eigenvalue weighted by atomic mass is 35.5. The van der Waals surface area contributed by atoms with Crippen LogP contribution in [0.25, 0.3) is 0 Å². The predicted octanol–water partition coefficient (Wildman–Crippen LogP) is 4.25. The van der Waals surface area contributed by atoms with Crippen LogP contribution in [0.15, 0.2) is 48.5 Å². The zero-order valence-corrected chi connectivity index (χ0v) is 14.2. The second-order valence-electron chi connectivity index (χ2n) is 6.16. The average molecular weight is 347 g/mol. The first-order chi connectivity index (χ1) is 11.5. The summed E-state index contributed by atoms with van der Waals surface area (Å²) in [6.45, 7) is 1.85. The minimum atomic E-state index is -0.437. The Morgan fingerprint density at radius 2 is 1.67 bits per heavy atom. The lowest BCUT2D eigenvalue weighted by molar-refractivity contribution is -0.384. The summed E-state index contributed by atoms with van der Waals surface area (Å²) in [7, 11) is 2.09. The summed E-state index contributed by atoms with van der Waals surface area (Å²) in [5.74, 6) is 0.639. The molecule has 0 spiro atoms. The van der Waals surface area contributed by atoms with Crippen molar-refractivity contribution in [3.63, 3.8) is 0 Å². The van der Waals surface area contributed by atoms with Crippen molar-refractivity contribution in [2.45, 2.75) is 18.4 Å². The van der Waals surface area contributed by atoms with Crippen molar-refractivity contribution in [1.82, 2.24) is 4.90 Å². The third-order valence-electron chi connectivity index (χ3n) is 4.53. The Bertz CT molecular complexity index is 708. The van der Waals surface area contributed by atoms with E-state index in [0.717, 1.165) is 31.5 Å². The molecular weight excluding hydrogens is 328 g/mol. The highest BCUT2D eigenvalue weighted by Crippen LogP contribution is 2.38. The number of nitro benzene ring substituents is 1. The molecule has 126 valence electrons. The fraction of sp³-hybridized carbons (Fsp3) is 0.333. The van der Waals surface area contributed by atoms with E-state index >= 15 is 0 Å². The molecule has 2 aromatic carbocycles. The van der Waals surface area contributed by atoms with Crippen molar-refractivity contribution in [3.05, 3.63) is 69.2 Å². The third kappa shape index (κ3) is 3.52. The molecule has 3 rings (SSSR count). The standard InChI is InChI=1S/C18H19ClN2O3/c1-20-12-10-18(11-13-20,14-2-4-15(19)5-3-14)24-17-8-6-16(7-9-17)21(22)23/h2-9H,10-13H2,1H3. The Labute approximate surface area is 146 Å². The van der Waals surface area contributed by atoms with Crippen molar-refractivity contribution in [1.29, 1.82) is 0 Å². The summed E-state index contributed by atoms with van der Waals surface area (Å²) in [6, 6.07) is 14.0. The molecule has 1 fully saturated rings. The summed E-state index contributed by atoms with van der Waals surface area (Å²) >= 11 is 6.01. The van der Waals surface area contributed by atoms with E-state index in [2.05, 4.69) is 11.9 Å². The molecule has 1 saturated heterocycles. The first kappa shape index (κ1) is 16.7. The van der Waals surface area contributed by atoms with Crippen LogP contribution in [0.3, 0.4) is 0 Å². The van der Waals surface area contributed by atoms with Gasteiger partial charge in [-0.25, -0.2) is 0 Å². The van der Waals surface area contributed by atoms with Gasteiger partial charge in [0, 0.05) is 43.1 Å². The average Bonchev–Trinajstić information content (AvgIpc) is 2.58. The SMILES string of the molecule is CN1CCC(Oc2ccc([N+](=O)[O-])cc2)(c2ccc(Cl)cc2)CC1. The smallest absolute Gasteiger partial charge is 0.269 e. The second-order valence-corrected chi connectivity index (χ2v) is 6.59. The van der Waals surface area contributed by atoms with E-state index in [0.29, 0.717) is 10.8 Å². The van der Waals surface area contributed by atoms with Crippen LogP contribution < -0.4 is 4.74 Å². The largest absolute Gasteiger partial charge is 0.482 e. The van der Waals surface area contributed by atoms with Crippen molar-refractivity contribution < 1.29 is 9.66 Å². The van der Waals surface area contributed by atoms with Crippen molar-refractivity contribution in [2.75, 3.05) is 20.1 Å². The topological polar surface area (TPSA) is 55.6 Å². The first-order valence-electron chi connectivity index (χ1n) is 7.87. The fourth-order valence-electron chi connectivity index (χ4n) is 3.04. The number of hydrogen-bond donors (Lipinski definition) is 0. The van der Waals surface area contributed by atoms with Gasteiger partial charge in [-0.1, -0.05) is 23.7 Å². The Morgan fingerprint density at radius 1 is 1.08 bits per heavy atom. The predicted molar refractivity (Wildman–Crippen MR) is 93.6 cm³/mol.